The van der Waals surface area contributed by atoms with E-state index in [0.29, 0.717) is 21.7 Å². The Morgan fingerprint density at radius 1 is 1.07 bits per heavy atom. The quantitative estimate of drug-likeness (QED) is 0.441. The molecule has 0 bridgehead atoms. The number of benzene rings is 2. The summed E-state index contributed by atoms with van der Waals surface area (Å²) in [5.74, 6) is -1.16. The molecular formula is C17H13Cl2N5O3. The minimum absolute atomic E-state index is 0.245. The summed E-state index contributed by atoms with van der Waals surface area (Å²) in [6, 6.07) is 8.01. The second kappa shape index (κ2) is 7.73. The van der Waals surface area contributed by atoms with E-state index < -0.39 is 17.7 Å². The number of nitrogens with zero attached hydrogens (tertiary/aromatic N) is 2. The molecule has 1 atom stereocenters. The standard InChI is InChI=1S/C17H13Cl2N5O3/c1-8(25)15(24-23-13-6-9(18)2-4-11(13)19)16(26)20-10-3-5-12-14(7-10)22-17(27)21-12/h2-7,15H,1H3,(H,20,26)(H2,21,22,27). The molecule has 0 fully saturated rings. The number of carbonyl (C=O) groups excluding carboxylic acids is 2. The number of halogens is 2. The van der Waals surface area contributed by atoms with E-state index in [0.717, 1.165) is 0 Å². The van der Waals surface area contributed by atoms with E-state index in [-0.39, 0.29) is 16.4 Å². The highest BCUT2D eigenvalue weighted by Crippen LogP contribution is 2.28. The topological polar surface area (TPSA) is 120 Å². The Balaban J connectivity index is 1.82. The van der Waals surface area contributed by atoms with E-state index >= 15 is 0 Å². The Labute approximate surface area is 162 Å². The number of imidazole rings is 1. The number of fused-ring (bicyclic) bond motifs is 1. The summed E-state index contributed by atoms with van der Waals surface area (Å²) in [6.07, 6.45) is 0. The van der Waals surface area contributed by atoms with Gasteiger partial charge in [0.05, 0.1) is 16.1 Å². The molecule has 138 valence electrons. The average Bonchev–Trinajstić information content (AvgIpc) is 2.97. The number of rotatable bonds is 5. The van der Waals surface area contributed by atoms with Crippen molar-refractivity contribution in [2.75, 3.05) is 5.32 Å². The smallest absolute Gasteiger partial charge is 0.323 e. The molecule has 27 heavy (non-hydrogen) atoms. The monoisotopic (exact) mass is 405 g/mol. The third kappa shape index (κ3) is 4.42. The van der Waals surface area contributed by atoms with Crippen LogP contribution in [0.5, 0.6) is 0 Å². The van der Waals surface area contributed by atoms with Crippen molar-refractivity contribution in [1.29, 1.82) is 0 Å². The van der Waals surface area contributed by atoms with E-state index in [9.17, 15) is 14.4 Å². The summed E-state index contributed by atoms with van der Waals surface area (Å²) in [7, 11) is 0. The molecule has 3 rings (SSSR count). The van der Waals surface area contributed by atoms with Crippen LogP contribution in [0.4, 0.5) is 11.4 Å². The van der Waals surface area contributed by atoms with Crippen molar-refractivity contribution in [3.8, 4) is 0 Å². The largest absolute Gasteiger partial charge is 0.324 e. The van der Waals surface area contributed by atoms with Crippen LogP contribution in [0.3, 0.4) is 0 Å². The van der Waals surface area contributed by atoms with E-state index in [4.69, 9.17) is 23.2 Å². The van der Waals surface area contributed by atoms with Gasteiger partial charge in [-0.3, -0.25) is 9.59 Å². The number of anilines is 1. The van der Waals surface area contributed by atoms with Gasteiger partial charge in [0.15, 0.2) is 5.78 Å². The number of aromatic nitrogens is 2. The van der Waals surface area contributed by atoms with Crippen LogP contribution in [0.2, 0.25) is 10.0 Å². The maximum atomic E-state index is 12.4. The van der Waals surface area contributed by atoms with Crippen molar-refractivity contribution < 1.29 is 9.59 Å². The molecule has 8 nitrogen and oxygen atoms in total. The van der Waals surface area contributed by atoms with Crippen molar-refractivity contribution >= 4 is 57.3 Å². The summed E-state index contributed by atoms with van der Waals surface area (Å²) in [5, 5.41) is 11.0. The van der Waals surface area contributed by atoms with Gasteiger partial charge < -0.3 is 15.3 Å². The number of hydrogen-bond donors (Lipinski definition) is 3. The summed E-state index contributed by atoms with van der Waals surface area (Å²) < 4.78 is 0. The van der Waals surface area contributed by atoms with Gasteiger partial charge in [-0.2, -0.15) is 10.2 Å². The van der Waals surface area contributed by atoms with Crippen LogP contribution < -0.4 is 11.0 Å². The number of nitrogens with one attached hydrogen (secondary N) is 3. The fourth-order valence-corrected chi connectivity index (χ4v) is 2.64. The van der Waals surface area contributed by atoms with Gasteiger partial charge in [0.25, 0.3) is 5.91 Å². The molecule has 2 aromatic carbocycles. The van der Waals surface area contributed by atoms with Crippen LogP contribution in [0.25, 0.3) is 11.0 Å². The second-order valence-electron chi connectivity index (χ2n) is 5.65. The van der Waals surface area contributed by atoms with Crippen molar-refractivity contribution in [2.24, 2.45) is 10.2 Å². The lowest BCUT2D eigenvalue weighted by Crippen LogP contribution is -2.31. The van der Waals surface area contributed by atoms with Gasteiger partial charge in [0.1, 0.15) is 5.69 Å². The SMILES string of the molecule is CC(=O)C(N=Nc1cc(Cl)ccc1Cl)C(=O)Nc1ccc2[nH]c(=O)[nH]c2c1. The molecule has 10 heteroatoms. The van der Waals surface area contributed by atoms with E-state index in [1.807, 2.05) is 0 Å². The van der Waals surface area contributed by atoms with Crippen LogP contribution in [-0.2, 0) is 9.59 Å². The lowest BCUT2D eigenvalue weighted by molar-refractivity contribution is -0.126. The molecule has 0 aliphatic heterocycles. The molecule has 1 aromatic heterocycles. The predicted octanol–water partition coefficient (Wildman–Crippen LogP) is 3.84. The minimum atomic E-state index is -1.36. The van der Waals surface area contributed by atoms with E-state index in [1.165, 1.54) is 19.1 Å². The van der Waals surface area contributed by atoms with Crippen LogP contribution >= 0.6 is 23.2 Å². The van der Waals surface area contributed by atoms with Crippen LogP contribution in [0.1, 0.15) is 6.92 Å². The molecule has 3 N–H and O–H groups in total. The Bertz CT molecular complexity index is 1120. The van der Waals surface area contributed by atoms with Crippen molar-refractivity contribution in [2.45, 2.75) is 13.0 Å². The maximum absolute atomic E-state index is 12.4. The van der Waals surface area contributed by atoms with Crippen LogP contribution in [-0.4, -0.2) is 27.7 Å². The van der Waals surface area contributed by atoms with Gasteiger partial charge in [0, 0.05) is 10.7 Å². The normalized spacial score (nSPS) is 12.4. The number of aromatic amines is 2. The van der Waals surface area contributed by atoms with Crippen LogP contribution in [0, 0.1) is 0 Å². The first kappa shape index (κ1) is 18.8. The lowest BCUT2D eigenvalue weighted by atomic mass is 10.2. The number of carbonyl (C=O) groups is 2. The highest BCUT2D eigenvalue weighted by molar-refractivity contribution is 6.35. The van der Waals surface area contributed by atoms with Gasteiger partial charge in [-0.25, -0.2) is 4.79 Å². The fraction of sp³-hybridized carbons (Fsp3) is 0.118. The number of ketones is 1. The third-order valence-corrected chi connectivity index (χ3v) is 4.16. The molecule has 1 unspecified atom stereocenters. The Morgan fingerprint density at radius 3 is 2.56 bits per heavy atom. The highest BCUT2D eigenvalue weighted by Gasteiger charge is 2.23. The number of amides is 1. The average molecular weight is 406 g/mol. The molecular weight excluding hydrogens is 393 g/mol. The molecule has 0 saturated carbocycles. The third-order valence-electron chi connectivity index (χ3n) is 3.61. The van der Waals surface area contributed by atoms with Gasteiger partial charge in [-0.15, -0.1) is 0 Å². The lowest BCUT2D eigenvalue weighted by Gasteiger charge is -2.09. The van der Waals surface area contributed by atoms with Gasteiger partial charge >= 0.3 is 5.69 Å². The Kier molecular flexibility index (Phi) is 5.38. The van der Waals surface area contributed by atoms with Crippen molar-refractivity contribution in [1.82, 2.24) is 9.97 Å². The molecule has 0 spiro atoms. The van der Waals surface area contributed by atoms with E-state index in [1.54, 1.807) is 24.3 Å². The molecule has 1 amide bonds. The minimum Gasteiger partial charge on any atom is -0.324 e. The second-order valence-corrected chi connectivity index (χ2v) is 6.50. The molecule has 3 aromatic rings. The number of azo groups is 1. The molecule has 0 aliphatic rings. The number of H-pyrrole nitrogens is 2. The first-order valence-corrected chi connectivity index (χ1v) is 8.48. The Hall–Kier alpha value is -2.97. The number of hydrogen-bond acceptors (Lipinski definition) is 5. The Morgan fingerprint density at radius 2 is 1.81 bits per heavy atom. The van der Waals surface area contributed by atoms with E-state index in [2.05, 4.69) is 25.5 Å². The first-order chi connectivity index (χ1) is 12.8. The summed E-state index contributed by atoms with van der Waals surface area (Å²) >= 11 is 11.9. The fourth-order valence-electron chi connectivity index (χ4n) is 2.32. The van der Waals surface area contributed by atoms with Crippen LogP contribution in [0.15, 0.2) is 51.4 Å². The zero-order valence-corrected chi connectivity index (χ0v) is 15.4. The van der Waals surface area contributed by atoms with Crippen molar-refractivity contribution in [3.63, 3.8) is 0 Å². The molecule has 0 saturated heterocycles. The maximum Gasteiger partial charge on any atom is 0.323 e. The highest BCUT2D eigenvalue weighted by atomic mass is 35.5. The molecule has 1 heterocycles. The first-order valence-electron chi connectivity index (χ1n) is 7.73. The number of Topliss-reactive ketones (excluding diaryl/α,β-unsaturated/α-hetero) is 1. The summed E-state index contributed by atoms with van der Waals surface area (Å²) in [6.45, 7) is 1.23. The van der Waals surface area contributed by atoms with Gasteiger partial charge in [-0.1, -0.05) is 23.2 Å². The van der Waals surface area contributed by atoms with Crippen molar-refractivity contribution in [3.05, 3.63) is 56.9 Å². The zero-order valence-electron chi connectivity index (χ0n) is 13.9. The predicted molar refractivity (Wildman–Crippen MR) is 103 cm³/mol. The summed E-state index contributed by atoms with van der Waals surface area (Å²) in [5.41, 5.74) is 1.39. The summed E-state index contributed by atoms with van der Waals surface area (Å²) in [4.78, 5) is 40.8. The van der Waals surface area contributed by atoms with Gasteiger partial charge in [0.2, 0.25) is 6.04 Å². The van der Waals surface area contributed by atoms with Gasteiger partial charge in [-0.05, 0) is 43.3 Å². The molecule has 0 radical (unpaired) electrons. The zero-order chi connectivity index (χ0) is 19.6. The molecule has 0 aliphatic carbocycles.